The van der Waals surface area contributed by atoms with Crippen molar-refractivity contribution < 1.29 is 0 Å². The van der Waals surface area contributed by atoms with E-state index in [2.05, 4.69) is 48.3 Å². The molecule has 3 aromatic rings. The summed E-state index contributed by atoms with van der Waals surface area (Å²) in [7, 11) is 0. The normalized spacial score (nSPS) is 10.8. The number of aryl methyl sites for hydroxylation is 1. The zero-order valence-corrected chi connectivity index (χ0v) is 9.79. The molecule has 78 valence electrons. The number of nitrogens with zero attached hydrogens (tertiary/aromatic N) is 1. The summed E-state index contributed by atoms with van der Waals surface area (Å²) >= 11 is 1.80. The second-order valence-electron chi connectivity index (χ2n) is 3.87. The third-order valence-corrected chi connectivity index (χ3v) is 3.73. The molecule has 2 heteroatoms. The van der Waals surface area contributed by atoms with Gasteiger partial charge in [0.1, 0.15) is 0 Å². The molecule has 16 heavy (non-hydrogen) atoms. The Labute approximate surface area is 98.4 Å². The van der Waals surface area contributed by atoms with Gasteiger partial charge in [0.25, 0.3) is 0 Å². The summed E-state index contributed by atoms with van der Waals surface area (Å²) in [5.41, 5.74) is 2.32. The Morgan fingerprint density at radius 2 is 1.94 bits per heavy atom. The fourth-order valence-corrected chi connectivity index (χ4v) is 2.81. The summed E-state index contributed by atoms with van der Waals surface area (Å²) < 4.78 is 1.32. The van der Waals surface area contributed by atoms with Gasteiger partial charge < -0.3 is 0 Å². The molecule has 0 radical (unpaired) electrons. The van der Waals surface area contributed by atoms with Crippen LogP contribution in [0.2, 0.25) is 0 Å². The van der Waals surface area contributed by atoms with Crippen molar-refractivity contribution in [2.75, 3.05) is 0 Å². The van der Waals surface area contributed by atoms with Crippen LogP contribution in [-0.2, 0) is 0 Å². The van der Waals surface area contributed by atoms with Gasteiger partial charge in [-0.05, 0) is 42.1 Å². The molecule has 0 bridgehead atoms. The maximum Gasteiger partial charge on any atom is 0.0804 e. The van der Waals surface area contributed by atoms with Crippen molar-refractivity contribution in [3.05, 3.63) is 54.2 Å². The van der Waals surface area contributed by atoms with E-state index < -0.39 is 0 Å². The summed E-state index contributed by atoms with van der Waals surface area (Å²) in [6.45, 7) is 2.10. The molecule has 0 spiro atoms. The molecule has 0 unspecified atom stereocenters. The van der Waals surface area contributed by atoms with E-state index >= 15 is 0 Å². The zero-order valence-electron chi connectivity index (χ0n) is 8.97. The van der Waals surface area contributed by atoms with Crippen molar-refractivity contribution in [3.63, 3.8) is 0 Å². The van der Waals surface area contributed by atoms with Crippen molar-refractivity contribution in [3.8, 4) is 10.6 Å². The van der Waals surface area contributed by atoms with E-state index in [1.165, 1.54) is 20.5 Å². The maximum absolute atomic E-state index is 4.42. The SMILES string of the molecule is Cc1ccnc(-c2cc3ccccc3s2)c1. The quantitative estimate of drug-likeness (QED) is 0.602. The van der Waals surface area contributed by atoms with Gasteiger partial charge >= 0.3 is 0 Å². The molecule has 0 amide bonds. The Morgan fingerprint density at radius 1 is 1.06 bits per heavy atom. The molecule has 0 N–H and O–H groups in total. The third-order valence-electron chi connectivity index (χ3n) is 2.59. The van der Waals surface area contributed by atoms with E-state index in [1.807, 2.05) is 12.3 Å². The minimum atomic E-state index is 1.07. The predicted molar refractivity (Wildman–Crippen MR) is 69.8 cm³/mol. The number of thiophene rings is 1. The van der Waals surface area contributed by atoms with E-state index in [0.717, 1.165) is 5.69 Å². The molecule has 0 fully saturated rings. The first-order chi connectivity index (χ1) is 7.83. The lowest BCUT2D eigenvalue weighted by Gasteiger charge is -1.96. The molecule has 1 aromatic carbocycles. The molecule has 2 heterocycles. The molecular weight excluding hydrogens is 214 g/mol. The Kier molecular flexibility index (Phi) is 2.22. The van der Waals surface area contributed by atoms with E-state index in [-0.39, 0.29) is 0 Å². The third kappa shape index (κ3) is 1.61. The van der Waals surface area contributed by atoms with Crippen LogP contribution in [0.25, 0.3) is 20.7 Å². The summed E-state index contributed by atoms with van der Waals surface area (Å²) in [5, 5.41) is 1.30. The van der Waals surface area contributed by atoms with Crippen LogP contribution in [0, 0.1) is 6.92 Å². The Balaban J connectivity index is 2.19. The molecule has 0 saturated heterocycles. The highest BCUT2D eigenvalue weighted by molar-refractivity contribution is 7.22. The van der Waals surface area contributed by atoms with Crippen molar-refractivity contribution in [1.82, 2.24) is 4.98 Å². The summed E-state index contributed by atoms with van der Waals surface area (Å²) in [6, 6.07) is 14.8. The average molecular weight is 225 g/mol. The van der Waals surface area contributed by atoms with Gasteiger partial charge in [-0.15, -0.1) is 11.3 Å². The first-order valence-electron chi connectivity index (χ1n) is 5.24. The molecule has 3 rings (SSSR count). The number of hydrogen-bond acceptors (Lipinski definition) is 2. The van der Waals surface area contributed by atoms with Gasteiger partial charge in [-0.25, -0.2) is 0 Å². The van der Waals surface area contributed by atoms with Gasteiger partial charge in [0.05, 0.1) is 10.6 Å². The average Bonchev–Trinajstić information content (AvgIpc) is 2.72. The van der Waals surface area contributed by atoms with Crippen LogP contribution in [0.15, 0.2) is 48.7 Å². The van der Waals surface area contributed by atoms with E-state index in [0.29, 0.717) is 0 Å². The van der Waals surface area contributed by atoms with Crippen molar-refractivity contribution >= 4 is 21.4 Å². The second kappa shape index (κ2) is 3.72. The van der Waals surface area contributed by atoms with E-state index in [9.17, 15) is 0 Å². The van der Waals surface area contributed by atoms with Crippen LogP contribution in [-0.4, -0.2) is 4.98 Å². The van der Waals surface area contributed by atoms with Crippen LogP contribution in [0.1, 0.15) is 5.56 Å². The van der Waals surface area contributed by atoms with Gasteiger partial charge in [0.15, 0.2) is 0 Å². The highest BCUT2D eigenvalue weighted by atomic mass is 32.1. The highest BCUT2D eigenvalue weighted by Crippen LogP contribution is 2.32. The fourth-order valence-electron chi connectivity index (χ4n) is 1.78. The smallest absolute Gasteiger partial charge is 0.0804 e. The summed E-state index contributed by atoms with van der Waals surface area (Å²) in [4.78, 5) is 5.66. The van der Waals surface area contributed by atoms with Gasteiger partial charge in [-0.2, -0.15) is 0 Å². The van der Waals surface area contributed by atoms with Crippen molar-refractivity contribution in [2.45, 2.75) is 6.92 Å². The van der Waals surface area contributed by atoms with Gasteiger partial charge in [0, 0.05) is 10.9 Å². The fraction of sp³-hybridized carbons (Fsp3) is 0.0714. The molecule has 0 aliphatic heterocycles. The summed E-state index contributed by atoms with van der Waals surface area (Å²) in [6.07, 6.45) is 1.87. The lowest BCUT2D eigenvalue weighted by molar-refractivity contribution is 1.30. The molecule has 0 aliphatic carbocycles. The van der Waals surface area contributed by atoms with Crippen molar-refractivity contribution in [2.24, 2.45) is 0 Å². The van der Waals surface area contributed by atoms with Crippen LogP contribution in [0.5, 0.6) is 0 Å². The van der Waals surface area contributed by atoms with Crippen LogP contribution >= 0.6 is 11.3 Å². The first-order valence-corrected chi connectivity index (χ1v) is 6.06. The zero-order chi connectivity index (χ0) is 11.0. The molecular formula is C14H11NS. The Morgan fingerprint density at radius 3 is 2.75 bits per heavy atom. The largest absolute Gasteiger partial charge is 0.255 e. The van der Waals surface area contributed by atoms with Crippen molar-refractivity contribution in [1.29, 1.82) is 0 Å². The molecule has 0 saturated carbocycles. The number of rotatable bonds is 1. The second-order valence-corrected chi connectivity index (χ2v) is 4.95. The molecule has 2 aromatic heterocycles. The molecule has 0 aliphatic rings. The monoisotopic (exact) mass is 225 g/mol. The van der Waals surface area contributed by atoms with E-state index in [4.69, 9.17) is 0 Å². The summed E-state index contributed by atoms with van der Waals surface area (Å²) in [5.74, 6) is 0. The van der Waals surface area contributed by atoms with Gasteiger partial charge in [-0.3, -0.25) is 4.98 Å². The van der Waals surface area contributed by atoms with Crippen LogP contribution in [0.4, 0.5) is 0 Å². The number of benzene rings is 1. The lowest BCUT2D eigenvalue weighted by atomic mass is 10.2. The minimum Gasteiger partial charge on any atom is -0.255 e. The van der Waals surface area contributed by atoms with Crippen LogP contribution < -0.4 is 0 Å². The predicted octanol–water partition coefficient (Wildman–Crippen LogP) is 4.27. The standard InChI is InChI=1S/C14H11NS/c1-10-6-7-15-12(8-10)14-9-11-4-2-3-5-13(11)16-14/h2-9H,1H3. The lowest BCUT2D eigenvalue weighted by Crippen LogP contribution is -1.80. The number of fused-ring (bicyclic) bond motifs is 1. The van der Waals surface area contributed by atoms with Gasteiger partial charge in [-0.1, -0.05) is 18.2 Å². The topological polar surface area (TPSA) is 12.9 Å². The highest BCUT2D eigenvalue weighted by Gasteiger charge is 2.04. The molecule has 1 nitrogen and oxygen atoms in total. The minimum absolute atomic E-state index is 1.07. The number of aromatic nitrogens is 1. The molecule has 0 atom stereocenters. The first kappa shape index (κ1) is 9.55. The number of hydrogen-bond donors (Lipinski definition) is 0. The van der Waals surface area contributed by atoms with Crippen LogP contribution in [0.3, 0.4) is 0 Å². The number of pyridine rings is 1. The Bertz CT molecular complexity index is 607. The Hall–Kier alpha value is -1.67. The van der Waals surface area contributed by atoms with E-state index in [1.54, 1.807) is 11.3 Å². The van der Waals surface area contributed by atoms with Gasteiger partial charge in [0.2, 0.25) is 0 Å². The maximum atomic E-state index is 4.42.